The first-order valence-corrected chi connectivity index (χ1v) is 9.46. The number of para-hydroxylation sites is 1. The van der Waals surface area contributed by atoms with E-state index < -0.39 is 0 Å². The van der Waals surface area contributed by atoms with Crippen LogP contribution in [0.1, 0.15) is 17.3 Å². The minimum absolute atomic E-state index is 0.297. The van der Waals surface area contributed by atoms with Gasteiger partial charge in [0.15, 0.2) is 4.80 Å². The highest BCUT2D eigenvalue weighted by Gasteiger charge is 2.13. The van der Waals surface area contributed by atoms with Crippen molar-refractivity contribution < 1.29 is 19.0 Å². The van der Waals surface area contributed by atoms with Gasteiger partial charge in [-0.1, -0.05) is 17.4 Å². The summed E-state index contributed by atoms with van der Waals surface area (Å²) in [6.07, 6.45) is 0. The van der Waals surface area contributed by atoms with Gasteiger partial charge in [-0.2, -0.15) is 4.99 Å². The second kappa shape index (κ2) is 8.83. The quantitative estimate of drug-likeness (QED) is 0.624. The lowest BCUT2D eigenvalue weighted by atomic mass is 10.2. The van der Waals surface area contributed by atoms with Crippen LogP contribution >= 0.6 is 11.3 Å². The molecule has 0 aliphatic rings. The highest BCUT2D eigenvalue weighted by Crippen LogP contribution is 2.27. The molecular formula is C20H22N2O4S. The first-order chi connectivity index (χ1) is 13.2. The van der Waals surface area contributed by atoms with Crippen LogP contribution in [-0.2, 0) is 11.3 Å². The molecule has 3 rings (SSSR count). The first kappa shape index (κ1) is 19.1. The van der Waals surface area contributed by atoms with E-state index in [2.05, 4.69) is 4.99 Å². The van der Waals surface area contributed by atoms with Gasteiger partial charge in [0.25, 0.3) is 5.91 Å². The van der Waals surface area contributed by atoms with Crippen molar-refractivity contribution in [3.05, 3.63) is 52.8 Å². The fraction of sp³-hybridized carbons (Fsp3) is 0.300. The normalized spacial score (nSPS) is 11.7. The van der Waals surface area contributed by atoms with Crippen molar-refractivity contribution in [3.8, 4) is 11.5 Å². The molecular weight excluding hydrogens is 364 g/mol. The van der Waals surface area contributed by atoms with Gasteiger partial charge >= 0.3 is 0 Å². The van der Waals surface area contributed by atoms with Gasteiger partial charge < -0.3 is 18.8 Å². The Hall–Kier alpha value is -2.64. The highest BCUT2D eigenvalue weighted by molar-refractivity contribution is 7.16. The van der Waals surface area contributed by atoms with Gasteiger partial charge in [-0.15, -0.1) is 0 Å². The molecule has 0 atom stereocenters. The summed E-state index contributed by atoms with van der Waals surface area (Å²) in [5.41, 5.74) is 1.43. The Balaban J connectivity index is 2.04. The molecule has 0 aliphatic heterocycles. The molecule has 0 N–H and O–H groups in total. The van der Waals surface area contributed by atoms with Gasteiger partial charge in [0.1, 0.15) is 17.0 Å². The number of hydrogen-bond donors (Lipinski definition) is 0. The van der Waals surface area contributed by atoms with Crippen LogP contribution < -0.4 is 14.3 Å². The molecule has 1 amide bonds. The predicted molar refractivity (Wildman–Crippen MR) is 106 cm³/mol. The van der Waals surface area contributed by atoms with Crippen LogP contribution in [0, 0.1) is 0 Å². The number of fused-ring (bicyclic) bond motifs is 1. The first-order valence-electron chi connectivity index (χ1n) is 8.65. The Kier molecular flexibility index (Phi) is 6.26. The molecule has 142 valence electrons. The van der Waals surface area contributed by atoms with E-state index in [9.17, 15) is 4.79 Å². The van der Waals surface area contributed by atoms with E-state index in [1.165, 1.54) is 11.3 Å². The molecule has 0 unspecified atom stereocenters. The zero-order valence-corrected chi connectivity index (χ0v) is 16.4. The largest absolute Gasteiger partial charge is 0.495 e. The van der Waals surface area contributed by atoms with E-state index in [0.29, 0.717) is 30.1 Å². The van der Waals surface area contributed by atoms with Crippen LogP contribution in [0.2, 0.25) is 0 Å². The van der Waals surface area contributed by atoms with E-state index in [0.717, 1.165) is 21.7 Å². The lowest BCUT2D eigenvalue weighted by Gasteiger charge is -2.08. The molecule has 27 heavy (non-hydrogen) atoms. The zero-order valence-electron chi connectivity index (χ0n) is 15.6. The number of benzene rings is 2. The summed E-state index contributed by atoms with van der Waals surface area (Å²) in [6.45, 7) is 3.59. The number of carbonyl (C=O) groups is 1. The van der Waals surface area contributed by atoms with Crippen molar-refractivity contribution >= 4 is 27.5 Å². The lowest BCUT2D eigenvalue weighted by molar-refractivity contribution is 0.0997. The van der Waals surface area contributed by atoms with E-state index in [-0.39, 0.29) is 5.91 Å². The topological polar surface area (TPSA) is 62.0 Å². The smallest absolute Gasteiger partial charge is 0.279 e. The van der Waals surface area contributed by atoms with Crippen LogP contribution in [0.15, 0.2) is 47.5 Å². The van der Waals surface area contributed by atoms with Crippen LogP contribution in [-0.4, -0.2) is 37.9 Å². The number of carbonyl (C=O) groups excluding carboxylic acids is 1. The molecule has 0 fully saturated rings. The van der Waals surface area contributed by atoms with Crippen molar-refractivity contribution in [2.24, 2.45) is 4.99 Å². The predicted octanol–water partition coefficient (Wildman–Crippen LogP) is 3.50. The summed E-state index contributed by atoms with van der Waals surface area (Å²) >= 11 is 1.45. The Bertz CT molecular complexity index is 989. The zero-order chi connectivity index (χ0) is 19.2. The summed E-state index contributed by atoms with van der Waals surface area (Å²) in [6, 6.07) is 12.8. The van der Waals surface area contributed by atoms with Gasteiger partial charge in [0.2, 0.25) is 0 Å². The van der Waals surface area contributed by atoms with Crippen molar-refractivity contribution in [1.29, 1.82) is 0 Å². The molecule has 0 bridgehead atoms. The number of thiazole rings is 1. The van der Waals surface area contributed by atoms with Crippen LogP contribution in [0.5, 0.6) is 11.5 Å². The Morgan fingerprint density at radius 2 is 1.93 bits per heavy atom. The molecule has 3 aromatic rings. The van der Waals surface area contributed by atoms with E-state index in [1.54, 1.807) is 38.5 Å². The number of ether oxygens (including phenoxy) is 3. The molecule has 1 aromatic heterocycles. The average Bonchev–Trinajstić information content (AvgIpc) is 3.04. The maximum atomic E-state index is 12.7. The molecule has 2 aromatic carbocycles. The lowest BCUT2D eigenvalue weighted by Crippen LogP contribution is -2.19. The number of amides is 1. The third kappa shape index (κ3) is 4.20. The second-order valence-corrected chi connectivity index (χ2v) is 6.72. The SMILES string of the molecule is CCOc1ccc(C(=O)N=c2sc3cccc(OC)c3n2CCOC)cc1. The molecule has 6 nitrogen and oxygen atoms in total. The van der Waals surface area contributed by atoms with E-state index in [4.69, 9.17) is 14.2 Å². The summed E-state index contributed by atoms with van der Waals surface area (Å²) in [5, 5.41) is 0. The average molecular weight is 386 g/mol. The van der Waals surface area contributed by atoms with E-state index >= 15 is 0 Å². The fourth-order valence-electron chi connectivity index (χ4n) is 2.75. The molecule has 0 saturated carbocycles. The van der Waals surface area contributed by atoms with Gasteiger partial charge in [-0.05, 0) is 43.3 Å². The minimum Gasteiger partial charge on any atom is -0.495 e. The number of methoxy groups -OCH3 is 2. The van der Waals surface area contributed by atoms with Crippen molar-refractivity contribution in [3.63, 3.8) is 0 Å². The summed E-state index contributed by atoms with van der Waals surface area (Å²) in [7, 11) is 3.28. The van der Waals surface area contributed by atoms with Crippen molar-refractivity contribution in [2.75, 3.05) is 27.4 Å². The van der Waals surface area contributed by atoms with Gasteiger partial charge in [0.05, 0.1) is 25.0 Å². The molecule has 0 aliphatic carbocycles. The number of rotatable bonds is 7. The van der Waals surface area contributed by atoms with Crippen molar-refractivity contribution in [1.82, 2.24) is 4.57 Å². The standard InChI is InChI=1S/C20H22N2O4S/c1-4-26-15-10-8-14(9-11-15)19(23)21-20-22(12-13-24-2)18-16(25-3)6-5-7-17(18)27-20/h5-11H,4,12-13H2,1-3H3. The van der Waals surface area contributed by atoms with Gasteiger partial charge in [0, 0.05) is 19.2 Å². The third-order valence-electron chi connectivity index (χ3n) is 4.01. The minimum atomic E-state index is -0.297. The van der Waals surface area contributed by atoms with Crippen LogP contribution in [0.25, 0.3) is 10.2 Å². The van der Waals surface area contributed by atoms with Gasteiger partial charge in [-0.3, -0.25) is 4.79 Å². The number of nitrogens with zero attached hydrogens (tertiary/aromatic N) is 2. The van der Waals surface area contributed by atoms with Crippen molar-refractivity contribution in [2.45, 2.75) is 13.5 Å². The number of aromatic nitrogens is 1. The maximum Gasteiger partial charge on any atom is 0.279 e. The molecule has 0 spiro atoms. The molecule has 1 heterocycles. The second-order valence-electron chi connectivity index (χ2n) is 5.71. The molecule has 0 saturated heterocycles. The highest BCUT2D eigenvalue weighted by atomic mass is 32.1. The maximum absolute atomic E-state index is 12.7. The molecule has 7 heteroatoms. The van der Waals surface area contributed by atoms with Gasteiger partial charge in [-0.25, -0.2) is 0 Å². The summed E-state index contributed by atoms with van der Waals surface area (Å²) in [4.78, 5) is 17.6. The number of hydrogen-bond acceptors (Lipinski definition) is 5. The van der Waals surface area contributed by atoms with E-state index in [1.807, 2.05) is 29.7 Å². The Morgan fingerprint density at radius 1 is 1.15 bits per heavy atom. The summed E-state index contributed by atoms with van der Waals surface area (Å²) < 4.78 is 19.1. The Morgan fingerprint density at radius 3 is 2.59 bits per heavy atom. The monoisotopic (exact) mass is 386 g/mol. The fourth-order valence-corrected chi connectivity index (χ4v) is 3.82. The van der Waals surface area contributed by atoms with Crippen LogP contribution in [0.4, 0.5) is 0 Å². The Labute approximate surface area is 161 Å². The third-order valence-corrected chi connectivity index (χ3v) is 5.06. The molecule has 0 radical (unpaired) electrons. The summed E-state index contributed by atoms with van der Waals surface area (Å²) in [5.74, 6) is 1.18. The van der Waals surface area contributed by atoms with Crippen LogP contribution in [0.3, 0.4) is 0 Å².